The summed E-state index contributed by atoms with van der Waals surface area (Å²) in [5.41, 5.74) is 0. The number of fused-ring (bicyclic) bond motifs is 1. The maximum absolute atomic E-state index is 5.98. The zero-order valence-corrected chi connectivity index (χ0v) is 11.2. The van der Waals surface area contributed by atoms with Gasteiger partial charge in [-0.15, -0.1) is 0 Å². The molecule has 0 saturated carbocycles. The molecule has 1 unspecified atom stereocenters. The van der Waals surface area contributed by atoms with Gasteiger partial charge in [0.1, 0.15) is 6.10 Å². The van der Waals surface area contributed by atoms with Gasteiger partial charge in [-0.2, -0.15) is 0 Å². The number of hydrogen-bond acceptors (Lipinski definition) is 3. The lowest BCUT2D eigenvalue weighted by atomic mass is 10.2. The van der Waals surface area contributed by atoms with E-state index < -0.39 is 0 Å². The molecule has 1 heterocycles. The highest BCUT2D eigenvalue weighted by atomic mass is 16.5. The molecule has 0 aliphatic carbocycles. The average molecular weight is 249 g/mol. The summed E-state index contributed by atoms with van der Waals surface area (Å²) >= 11 is 0. The molecule has 1 N–H and O–H groups in total. The third-order valence-electron chi connectivity index (χ3n) is 3.17. The molecule has 1 aliphatic heterocycles. The van der Waals surface area contributed by atoms with Crippen LogP contribution in [0.1, 0.15) is 32.6 Å². The molecule has 0 amide bonds. The predicted octanol–water partition coefficient (Wildman–Crippen LogP) is 3.00. The van der Waals surface area contributed by atoms with Gasteiger partial charge in [0.15, 0.2) is 11.5 Å². The molecule has 0 bridgehead atoms. The summed E-state index contributed by atoms with van der Waals surface area (Å²) in [5.74, 6) is 1.74. The predicted molar refractivity (Wildman–Crippen MR) is 73.4 cm³/mol. The van der Waals surface area contributed by atoms with Crippen molar-refractivity contribution in [2.75, 3.05) is 19.7 Å². The molecule has 1 aromatic rings. The van der Waals surface area contributed by atoms with Gasteiger partial charge in [-0.05, 0) is 25.1 Å². The smallest absolute Gasteiger partial charge is 0.161 e. The van der Waals surface area contributed by atoms with E-state index in [0.29, 0.717) is 0 Å². The fourth-order valence-electron chi connectivity index (χ4n) is 2.11. The highest BCUT2D eigenvalue weighted by molar-refractivity contribution is 5.40. The normalized spacial score (nSPS) is 18.4. The largest absolute Gasteiger partial charge is 0.490 e. The lowest BCUT2D eigenvalue weighted by Gasteiger charge is -2.16. The summed E-state index contributed by atoms with van der Waals surface area (Å²) in [6, 6.07) is 7.90. The van der Waals surface area contributed by atoms with Gasteiger partial charge in [-0.25, -0.2) is 0 Å². The zero-order valence-electron chi connectivity index (χ0n) is 11.2. The topological polar surface area (TPSA) is 30.5 Å². The van der Waals surface area contributed by atoms with Gasteiger partial charge in [0.05, 0.1) is 6.61 Å². The van der Waals surface area contributed by atoms with Crippen molar-refractivity contribution in [1.82, 2.24) is 5.32 Å². The molecule has 0 aromatic heterocycles. The molecule has 0 spiro atoms. The first-order valence-electron chi connectivity index (χ1n) is 6.99. The van der Waals surface area contributed by atoms with Crippen molar-refractivity contribution >= 4 is 0 Å². The van der Waals surface area contributed by atoms with Crippen LogP contribution >= 0.6 is 0 Å². The number of nitrogens with one attached hydrogen (secondary N) is 1. The van der Waals surface area contributed by atoms with Gasteiger partial charge in [-0.1, -0.05) is 31.9 Å². The van der Waals surface area contributed by atoms with E-state index in [4.69, 9.17) is 9.47 Å². The van der Waals surface area contributed by atoms with E-state index in [1.807, 2.05) is 24.3 Å². The number of ether oxygens (including phenoxy) is 2. The Labute approximate surface area is 109 Å². The first-order valence-corrected chi connectivity index (χ1v) is 6.99. The Bertz CT molecular complexity index is 354. The minimum Gasteiger partial charge on any atom is -0.490 e. The van der Waals surface area contributed by atoms with Crippen LogP contribution in [0.4, 0.5) is 0 Å². The van der Waals surface area contributed by atoms with Gasteiger partial charge < -0.3 is 14.8 Å². The minimum atomic E-state index is 0.218. The van der Waals surface area contributed by atoms with Crippen LogP contribution in [0.25, 0.3) is 0 Å². The van der Waals surface area contributed by atoms with Crippen LogP contribution in [0, 0.1) is 0 Å². The second kappa shape index (κ2) is 7.27. The van der Waals surface area contributed by atoms with Crippen LogP contribution in [0.5, 0.6) is 11.5 Å². The lowest BCUT2D eigenvalue weighted by Crippen LogP contribution is -2.32. The van der Waals surface area contributed by atoms with E-state index in [0.717, 1.165) is 37.6 Å². The maximum Gasteiger partial charge on any atom is 0.161 e. The Morgan fingerprint density at radius 1 is 1.22 bits per heavy atom. The Morgan fingerprint density at radius 3 is 2.89 bits per heavy atom. The Balaban J connectivity index is 1.77. The fourth-order valence-corrected chi connectivity index (χ4v) is 2.11. The van der Waals surface area contributed by atoms with E-state index >= 15 is 0 Å². The molecule has 3 nitrogen and oxygen atoms in total. The third-order valence-corrected chi connectivity index (χ3v) is 3.17. The molecular formula is C15H23NO2. The molecule has 3 heteroatoms. The molecule has 1 atom stereocenters. The zero-order chi connectivity index (χ0) is 12.6. The lowest BCUT2D eigenvalue weighted by molar-refractivity contribution is 0.187. The Hall–Kier alpha value is -1.22. The molecule has 0 saturated heterocycles. The second-order valence-electron chi connectivity index (χ2n) is 4.73. The molecule has 1 aliphatic rings. The van der Waals surface area contributed by atoms with Crippen molar-refractivity contribution in [2.24, 2.45) is 0 Å². The number of hydrogen-bond donors (Lipinski definition) is 1. The van der Waals surface area contributed by atoms with E-state index in [2.05, 4.69) is 12.2 Å². The van der Waals surface area contributed by atoms with Crippen molar-refractivity contribution in [3.63, 3.8) is 0 Å². The van der Waals surface area contributed by atoms with Crippen LogP contribution in [-0.4, -0.2) is 25.8 Å². The highest BCUT2D eigenvalue weighted by Gasteiger charge is 2.17. The molecular weight excluding hydrogens is 226 g/mol. The van der Waals surface area contributed by atoms with E-state index in [1.54, 1.807) is 0 Å². The van der Waals surface area contributed by atoms with E-state index in [1.165, 1.54) is 19.3 Å². The van der Waals surface area contributed by atoms with Gasteiger partial charge in [0.25, 0.3) is 0 Å². The molecule has 1 aromatic carbocycles. The highest BCUT2D eigenvalue weighted by Crippen LogP contribution is 2.30. The maximum atomic E-state index is 5.98. The van der Waals surface area contributed by atoms with Crippen molar-refractivity contribution < 1.29 is 9.47 Å². The summed E-state index contributed by atoms with van der Waals surface area (Å²) in [5, 5.41) is 3.47. The van der Waals surface area contributed by atoms with E-state index in [9.17, 15) is 0 Å². The first kappa shape index (κ1) is 13.2. The van der Waals surface area contributed by atoms with Gasteiger partial charge in [0.2, 0.25) is 0 Å². The van der Waals surface area contributed by atoms with E-state index in [-0.39, 0.29) is 6.10 Å². The molecule has 100 valence electrons. The van der Waals surface area contributed by atoms with Crippen LogP contribution < -0.4 is 14.8 Å². The fraction of sp³-hybridized carbons (Fsp3) is 0.600. The second-order valence-corrected chi connectivity index (χ2v) is 4.73. The first-order chi connectivity index (χ1) is 8.90. The van der Waals surface area contributed by atoms with Crippen LogP contribution in [0.15, 0.2) is 24.3 Å². The Kier molecular flexibility index (Phi) is 5.34. The molecule has 2 rings (SSSR count). The van der Waals surface area contributed by atoms with Crippen molar-refractivity contribution in [1.29, 1.82) is 0 Å². The Morgan fingerprint density at radius 2 is 2.06 bits per heavy atom. The summed E-state index contributed by atoms with van der Waals surface area (Å²) in [7, 11) is 0. The molecule has 0 radical (unpaired) electrons. The summed E-state index contributed by atoms with van der Waals surface area (Å²) < 4.78 is 11.6. The summed E-state index contributed by atoms with van der Waals surface area (Å²) in [4.78, 5) is 0. The summed E-state index contributed by atoms with van der Waals surface area (Å²) in [6.45, 7) is 4.94. The number of unbranched alkanes of at least 4 members (excludes halogenated alkanes) is 2. The minimum absolute atomic E-state index is 0.218. The molecule has 0 fully saturated rings. The standard InChI is InChI=1S/C15H23NO2/c1-2-3-6-10-16-12-13-9-11-17-14-7-4-5-8-15(14)18-13/h4-5,7-8,13,16H,2-3,6,9-12H2,1H3. The van der Waals surface area contributed by atoms with Crippen molar-refractivity contribution in [3.8, 4) is 11.5 Å². The van der Waals surface area contributed by atoms with Gasteiger partial charge in [-0.3, -0.25) is 0 Å². The molecule has 18 heavy (non-hydrogen) atoms. The van der Waals surface area contributed by atoms with Crippen molar-refractivity contribution in [2.45, 2.75) is 38.7 Å². The number of benzene rings is 1. The van der Waals surface area contributed by atoms with Crippen LogP contribution in [0.3, 0.4) is 0 Å². The third kappa shape index (κ3) is 3.91. The summed E-state index contributed by atoms with van der Waals surface area (Å²) in [6.07, 6.45) is 4.97. The van der Waals surface area contributed by atoms with Crippen LogP contribution in [0.2, 0.25) is 0 Å². The van der Waals surface area contributed by atoms with Gasteiger partial charge in [0, 0.05) is 13.0 Å². The van der Waals surface area contributed by atoms with Crippen molar-refractivity contribution in [3.05, 3.63) is 24.3 Å². The van der Waals surface area contributed by atoms with Crippen LogP contribution in [-0.2, 0) is 0 Å². The quantitative estimate of drug-likeness (QED) is 0.786. The number of para-hydroxylation sites is 2. The SMILES string of the molecule is CCCCCNCC1CCOc2ccccc2O1. The monoisotopic (exact) mass is 249 g/mol. The van der Waals surface area contributed by atoms with Gasteiger partial charge >= 0.3 is 0 Å². The average Bonchev–Trinajstić information content (AvgIpc) is 2.60. The number of rotatable bonds is 6.